The number of aromatic carboxylic acids is 1. The smallest absolute Gasteiger partial charge is 0.335 e. The number of nitrogens with one attached hydrogen (secondary N) is 3. The van der Waals surface area contributed by atoms with E-state index in [4.69, 9.17) is 28.3 Å². The summed E-state index contributed by atoms with van der Waals surface area (Å²) in [6.45, 7) is 0.353. The number of hydrogen-bond donors (Lipinski definition) is 4. The highest BCUT2D eigenvalue weighted by molar-refractivity contribution is 6.40. The summed E-state index contributed by atoms with van der Waals surface area (Å²) in [5.41, 5.74) is 0.0275. The molecule has 1 heterocycles. The van der Waals surface area contributed by atoms with E-state index in [1.54, 1.807) is 0 Å². The van der Waals surface area contributed by atoms with Gasteiger partial charge in [-0.25, -0.2) is 9.59 Å². The molecule has 0 aliphatic carbocycles. The molecule has 1 unspecified atom stereocenters. The van der Waals surface area contributed by atoms with E-state index in [0.717, 1.165) is 0 Å². The van der Waals surface area contributed by atoms with Crippen molar-refractivity contribution in [3.63, 3.8) is 0 Å². The molecule has 21 heavy (non-hydrogen) atoms. The second-order valence-corrected chi connectivity index (χ2v) is 5.24. The molecule has 0 spiro atoms. The van der Waals surface area contributed by atoms with Gasteiger partial charge in [0.25, 0.3) is 0 Å². The van der Waals surface area contributed by atoms with Crippen molar-refractivity contribution in [3.8, 4) is 0 Å². The van der Waals surface area contributed by atoms with Gasteiger partial charge in [0, 0.05) is 13.0 Å². The van der Waals surface area contributed by atoms with E-state index in [-0.39, 0.29) is 39.7 Å². The van der Waals surface area contributed by atoms with E-state index in [1.807, 2.05) is 0 Å². The lowest BCUT2D eigenvalue weighted by atomic mass is 10.2. The van der Waals surface area contributed by atoms with Gasteiger partial charge in [-0.2, -0.15) is 0 Å². The Morgan fingerprint density at radius 1 is 1.29 bits per heavy atom. The molecule has 1 aliphatic rings. The predicted molar refractivity (Wildman–Crippen MR) is 77.0 cm³/mol. The quantitative estimate of drug-likeness (QED) is 0.676. The van der Waals surface area contributed by atoms with Crippen LogP contribution in [0.1, 0.15) is 16.8 Å². The minimum absolute atomic E-state index is 0.00988. The fraction of sp³-hybridized carbons (Fsp3) is 0.250. The molecule has 0 radical (unpaired) electrons. The molecule has 0 saturated carbocycles. The highest BCUT2D eigenvalue weighted by Gasteiger charge is 2.23. The number of carbonyl (C=O) groups is 3. The second kappa shape index (κ2) is 6.19. The topological polar surface area (TPSA) is 108 Å². The van der Waals surface area contributed by atoms with Crippen LogP contribution in [0.4, 0.5) is 10.5 Å². The molecule has 4 N–H and O–H groups in total. The zero-order chi connectivity index (χ0) is 15.6. The largest absolute Gasteiger partial charge is 0.478 e. The fourth-order valence-electron chi connectivity index (χ4n) is 1.86. The molecule has 9 heteroatoms. The summed E-state index contributed by atoms with van der Waals surface area (Å²) in [5.74, 6) is -1.31. The van der Waals surface area contributed by atoms with Crippen LogP contribution in [-0.2, 0) is 4.79 Å². The third kappa shape index (κ3) is 3.77. The number of amides is 3. The second-order valence-electron chi connectivity index (χ2n) is 4.42. The van der Waals surface area contributed by atoms with Crippen LogP contribution in [0.5, 0.6) is 0 Å². The van der Waals surface area contributed by atoms with Crippen LogP contribution in [0.25, 0.3) is 0 Å². The molecule has 1 fully saturated rings. The van der Waals surface area contributed by atoms with Crippen molar-refractivity contribution in [1.82, 2.24) is 10.6 Å². The summed E-state index contributed by atoms with van der Waals surface area (Å²) in [7, 11) is 0. The van der Waals surface area contributed by atoms with Gasteiger partial charge < -0.3 is 21.1 Å². The first-order valence-electron chi connectivity index (χ1n) is 5.93. The van der Waals surface area contributed by atoms with Gasteiger partial charge in [-0.1, -0.05) is 23.2 Å². The summed E-state index contributed by atoms with van der Waals surface area (Å²) >= 11 is 11.8. The number of benzene rings is 1. The molecule has 1 aliphatic heterocycles. The Morgan fingerprint density at radius 2 is 1.90 bits per heavy atom. The molecule has 7 nitrogen and oxygen atoms in total. The standard InChI is InChI=1S/C12H11Cl2N3O4/c13-7-1-5(11(19)20)2-8(14)10(7)17-12(21)16-6-3-9(18)15-4-6/h1-2,6H,3-4H2,(H,15,18)(H,19,20)(H2,16,17,21). The van der Waals surface area contributed by atoms with Crippen LogP contribution in [0.15, 0.2) is 12.1 Å². The van der Waals surface area contributed by atoms with Gasteiger partial charge >= 0.3 is 12.0 Å². The van der Waals surface area contributed by atoms with Crippen LogP contribution in [0, 0.1) is 0 Å². The SMILES string of the molecule is O=C1CC(NC(=O)Nc2c(Cl)cc(C(=O)O)cc2Cl)CN1. The number of carboxylic acid groups (broad SMARTS) is 1. The predicted octanol–water partition coefficient (Wildman–Crippen LogP) is 1.70. The van der Waals surface area contributed by atoms with Gasteiger partial charge in [-0.3, -0.25) is 4.79 Å². The molecular formula is C12H11Cl2N3O4. The van der Waals surface area contributed by atoms with Crippen molar-refractivity contribution in [2.24, 2.45) is 0 Å². The number of hydrogen-bond acceptors (Lipinski definition) is 3. The molecule has 1 aromatic carbocycles. The highest BCUT2D eigenvalue weighted by atomic mass is 35.5. The Balaban J connectivity index is 2.07. The Kier molecular flexibility index (Phi) is 4.54. The van der Waals surface area contributed by atoms with Crippen molar-refractivity contribution in [3.05, 3.63) is 27.7 Å². The first-order chi connectivity index (χ1) is 9.86. The lowest BCUT2D eigenvalue weighted by Crippen LogP contribution is -2.39. The first-order valence-corrected chi connectivity index (χ1v) is 6.69. The average molecular weight is 332 g/mol. The lowest BCUT2D eigenvalue weighted by molar-refractivity contribution is -0.119. The Labute approximate surface area is 129 Å². The minimum atomic E-state index is -1.18. The maximum Gasteiger partial charge on any atom is 0.335 e. The minimum Gasteiger partial charge on any atom is -0.478 e. The third-order valence-corrected chi connectivity index (χ3v) is 3.44. The molecule has 1 saturated heterocycles. The Bertz CT molecular complexity index is 598. The van der Waals surface area contributed by atoms with Gasteiger partial charge in [0.2, 0.25) is 5.91 Å². The van der Waals surface area contributed by atoms with E-state index in [9.17, 15) is 14.4 Å². The first kappa shape index (κ1) is 15.4. The summed E-state index contributed by atoms with van der Waals surface area (Å²) in [6, 6.07) is 1.48. The van der Waals surface area contributed by atoms with Gasteiger partial charge in [-0.05, 0) is 12.1 Å². The highest BCUT2D eigenvalue weighted by Crippen LogP contribution is 2.31. The maximum atomic E-state index is 11.8. The Morgan fingerprint density at radius 3 is 2.38 bits per heavy atom. The number of carbonyl (C=O) groups excluding carboxylic acids is 2. The van der Waals surface area contributed by atoms with Crippen LogP contribution in [-0.4, -0.2) is 35.6 Å². The van der Waals surface area contributed by atoms with Crippen molar-refractivity contribution < 1.29 is 19.5 Å². The number of rotatable bonds is 3. The zero-order valence-electron chi connectivity index (χ0n) is 10.6. The summed E-state index contributed by atoms with van der Waals surface area (Å²) in [5, 5.41) is 16.5. The van der Waals surface area contributed by atoms with E-state index in [1.165, 1.54) is 12.1 Å². The average Bonchev–Trinajstić information content (AvgIpc) is 2.78. The normalized spacial score (nSPS) is 17.2. The molecule has 1 atom stereocenters. The maximum absolute atomic E-state index is 11.8. The van der Waals surface area contributed by atoms with Gasteiger partial charge in [0.15, 0.2) is 0 Å². The third-order valence-electron chi connectivity index (χ3n) is 2.84. The van der Waals surface area contributed by atoms with Gasteiger partial charge in [0.1, 0.15) is 0 Å². The van der Waals surface area contributed by atoms with Crippen molar-refractivity contribution >= 4 is 46.8 Å². The van der Waals surface area contributed by atoms with Crippen molar-refractivity contribution in [2.75, 3.05) is 11.9 Å². The van der Waals surface area contributed by atoms with E-state index in [0.29, 0.717) is 6.54 Å². The van der Waals surface area contributed by atoms with Crippen molar-refractivity contribution in [1.29, 1.82) is 0 Å². The van der Waals surface area contributed by atoms with Crippen LogP contribution in [0.3, 0.4) is 0 Å². The van der Waals surface area contributed by atoms with E-state index < -0.39 is 12.0 Å². The molecule has 1 aromatic rings. The van der Waals surface area contributed by atoms with E-state index >= 15 is 0 Å². The summed E-state index contributed by atoms with van der Waals surface area (Å²) in [4.78, 5) is 33.7. The molecule has 112 valence electrons. The summed E-state index contributed by atoms with van der Waals surface area (Å²) < 4.78 is 0. The number of halogens is 2. The van der Waals surface area contributed by atoms with Crippen LogP contribution < -0.4 is 16.0 Å². The molecule has 2 rings (SSSR count). The Hall–Kier alpha value is -1.99. The van der Waals surface area contributed by atoms with Crippen LogP contribution in [0.2, 0.25) is 10.0 Å². The molecule has 0 aromatic heterocycles. The van der Waals surface area contributed by atoms with Gasteiger partial charge in [-0.15, -0.1) is 0 Å². The molecule has 0 bridgehead atoms. The monoisotopic (exact) mass is 331 g/mol. The molecule has 3 amide bonds. The van der Waals surface area contributed by atoms with Gasteiger partial charge in [0.05, 0.1) is 27.3 Å². The number of urea groups is 1. The lowest BCUT2D eigenvalue weighted by Gasteiger charge is -2.14. The number of carboxylic acids is 1. The van der Waals surface area contributed by atoms with Crippen LogP contribution >= 0.6 is 23.2 Å². The number of anilines is 1. The van der Waals surface area contributed by atoms with E-state index in [2.05, 4.69) is 16.0 Å². The van der Waals surface area contributed by atoms with Crippen molar-refractivity contribution in [2.45, 2.75) is 12.5 Å². The zero-order valence-corrected chi connectivity index (χ0v) is 12.1. The fourth-order valence-corrected chi connectivity index (χ4v) is 2.44. The summed E-state index contributed by atoms with van der Waals surface area (Å²) in [6.07, 6.45) is 0.201. The molecular weight excluding hydrogens is 321 g/mol.